The minimum absolute atomic E-state index is 0.105. The second kappa shape index (κ2) is 6.02. The summed E-state index contributed by atoms with van der Waals surface area (Å²) < 4.78 is 5.43. The summed E-state index contributed by atoms with van der Waals surface area (Å²) in [7, 11) is 0. The van der Waals surface area contributed by atoms with Gasteiger partial charge in [0.25, 0.3) is 0 Å². The van der Waals surface area contributed by atoms with Crippen LogP contribution in [0.1, 0.15) is 52.9 Å². The molecule has 4 heteroatoms. The summed E-state index contributed by atoms with van der Waals surface area (Å²) in [5, 5.41) is 18.1. The molecule has 18 heavy (non-hydrogen) atoms. The fraction of sp³-hybridized carbons (Fsp3) is 0.929. The summed E-state index contributed by atoms with van der Waals surface area (Å²) in [6.45, 7) is 6.66. The first-order valence-corrected chi connectivity index (χ1v) is 6.86. The van der Waals surface area contributed by atoms with Crippen molar-refractivity contribution in [2.75, 3.05) is 13.2 Å². The summed E-state index contributed by atoms with van der Waals surface area (Å²) in [4.78, 5) is 11.4. The van der Waals surface area contributed by atoms with Crippen LogP contribution in [0.3, 0.4) is 0 Å². The third-order valence-corrected chi connectivity index (χ3v) is 4.67. The summed E-state index contributed by atoms with van der Waals surface area (Å²) >= 11 is 0. The van der Waals surface area contributed by atoms with Crippen molar-refractivity contribution in [3.63, 3.8) is 0 Å². The Labute approximate surface area is 109 Å². The van der Waals surface area contributed by atoms with Crippen LogP contribution in [0.4, 0.5) is 0 Å². The molecule has 0 aromatic rings. The second-order valence-electron chi connectivity index (χ2n) is 5.99. The molecule has 0 saturated heterocycles. The van der Waals surface area contributed by atoms with Crippen molar-refractivity contribution in [1.82, 2.24) is 0 Å². The Kier molecular flexibility index (Phi) is 5.17. The maximum Gasteiger partial charge on any atom is 0.335 e. The van der Waals surface area contributed by atoms with E-state index in [1.807, 2.05) is 0 Å². The highest BCUT2D eigenvalue weighted by atomic mass is 16.5. The molecular formula is C14H26O4. The quantitative estimate of drug-likeness (QED) is 0.768. The Morgan fingerprint density at radius 2 is 1.94 bits per heavy atom. The zero-order chi connectivity index (χ0) is 13.8. The zero-order valence-corrected chi connectivity index (χ0v) is 11.7. The SMILES string of the molecule is CCC(C)(C)C1CCC(OCCO)(C(=O)O)CC1. The molecule has 0 aliphatic heterocycles. The molecule has 1 aliphatic rings. The minimum Gasteiger partial charge on any atom is -0.479 e. The summed E-state index contributed by atoms with van der Waals surface area (Å²) in [5.41, 5.74) is -0.801. The Morgan fingerprint density at radius 3 is 2.33 bits per heavy atom. The van der Waals surface area contributed by atoms with Crippen LogP contribution in [0.25, 0.3) is 0 Å². The molecule has 0 heterocycles. The monoisotopic (exact) mass is 258 g/mol. The van der Waals surface area contributed by atoms with E-state index >= 15 is 0 Å². The Hall–Kier alpha value is -0.610. The lowest BCUT2D eigenvalue weighted by molar-refractivity contribution is -0.175. The van der Waals surface area contributed by atoms with Crippen molar-refractivity contribution in [3.8, 4) is 0 Å². The van der Waals surface area contributed by atoms with E-state index < -0.39 is 11.6 Å². The van der Waals surface area contributed by atoms with Crippen LogP contribution in [0, 0.1) is 11.3 Å². The normalized spacial score (nSPS) is 29.2. The van der Waals surface area contributed by atoms with E-state index in [1.165, 1.54) is 0 Å². The van der Waals surface area contributed by atoms with Crippen LogP contribution in [-0.2, 0) is 9.53 Å². The molecule has 0 bridgehead atoms. The van der Waals surface area contributed by atoms with E-state index in [4.69, 9.17) is 9.84 Å². The first kappa shape index (κ1) is 15.4. The summed E-state index contributed by atoms with van der Waals surface area (Å²) in [5.74, 6) is -0.323. The van der Waals surface area contributed by atoms with Crippen LogP contribution in [-0.4, -0.2) is 35.0 Å². The van der Waals surface area contributed by atoms with Crippen molar-refractivity contribution in [2.45, 2.75) is 58.5 Å². The zero-order valence-electron chi connectivity index (χ0n) is 11.7. The van der Waals surface area contributed by atoms with E-state index in [0.717, 1.165) is 19.3 Å². The predicted octanol–water partition coefficient (Wildman–Crippen LogP) is 2.45. The van der Waals surface area contributed by atoms with Gasteiger partial charge in [0.1, 0.15) is 0 Å². The van der Waals surface area contributed by atoms with Gasteiger partial charge in [0.2, 0.25) is 0 Å². The van der Waals surface area contributed by atoms with Crippen LogP contribution < -0.4 is 0 Å². The molecule has 0 radical (unpaired) electrons. The summed E-state index contributed by atoms with van der Waals surface area (Å²) in [6, 6.07) is 0. The van der Waals surface area contributed by atoms with Gasteiger partial charge in [-0.2, -0.15) is 0 Å². The number of carbonyl (C=O) groups is 1. The van der Waals surface area contributed by atoms with Gasteiger partial charge in [-0.05, 0) is 37.0 Å². The standard InChI is InChI=1S/C14H26O4/c1-4-13(2,3)11-5-7-14(8-6-11,12(16)17)18-10-9-15/h11,15H,4-10H2,1-3H3,(H,16,17). The number of aliphatic hydroxyl groups excluding tert-OH is 1. The molecule has 2 N–H and O–H groups in total. The molecule has 0 unspecified atom stereocenters. The van der Waals surface area contributed by atoms with E-state index in [-0.39, 0.29) is 18.6 Å². The highest BCUT2D eigenvalue weighted by molar-refractivity contribution is 5.77. The highest BCUT2D eigenvalue weighted by Gasteiger charge is 2.45. The van der Waals surface area contributed by atoms with Crippen molar-refractivity contribution >= 4 is 5.97 Å². The van der Waals surface area contributed by atoms with Gasteiger partial charge in [-0.15, -0.1) is 0 Å². The minimum atomic E-state index is -1.07. The second-order valence-corrected chi connectivity index (χ2v) is 5.99. The average Bonchev–Trinajstić information content (AvgIpc) is 2.36. The van der Waals surface area contributed by atoms with Crippen LogP contribution in [0.2, 0.25) is 0 Å². The van der Waals surface area contributed by atoms with Gasteiger partial charge < -0.3 is 14.9 Å². The molecule has 0 spiro atoms. The maximum atomic E-state index is 11.4. The van der Waals surface area contributed by atoms with Crippen LogP contribution >= 0.6 is 0 Å². The third-order valence-electron chi connectivity index (χ3n) is 4.67. The molecule has 0 atom stereocenters. The molecule has 0 aromatic carbocycles. The lowest BCUT2D eigenvalue weighted by atomic mass is 9.66. The van der Waals surface area contributed by atoms with Gasteiger partial charge in [-0.3, -0.25) is 0 Å². The molecule has 1 aliphatic carbocycles. The number of hydrogen-bond donors (Lipinski definition) is 2. The first-order chi connectivity index (χ1) is 8.38. The number of ether oxygens (including phenoxy) is 1. The molecular weight excluding hydrogens is 232 g/mol. The third kappa shape index (κ3) is 3.23. The molecule has 0 amide bonds. The van der Waals surface area contributed by atoms with Crippen LogP contribution in [0.5, 0.6) is 0 Å². The number of aliphatic hydroxyl groups is 1. The number of carboxylic acids is 1. The lowest BCUT2D eigenvalue weighted by Gasteiger charge is -2.42. The molecule has 0 aromatic heterocycles. The van der Waals surface area contributed by atoms with Gasteiger partial charge in [0.05, 0.1) is 13.2 Å². The van der Waals surface area contributed by atoms with Gasteiger partial charge >= 0.3 is 5.97 Å². The fourth-order valence-electron chi connectivity index (χ4n) is 2.82. The fourth-order valence-corrected chi connectivity index (χ4v) is 2.82. The van der Waals surface area contributed by atoms with Crippen molar-refractivity contribution in [2.24, 2.45) is 11.3 Å². The molecule has 4 nitrogen and oxygen atoms in total. The molecule has 1 saturated carbocycles. The van der Waals surface area contributed by atoms with Gasteiger partial charge in [0.15, 0.2) is 5.60 Å². The Balaban J connectivity index is 2.66. The highest BCUT2D eigenvalue weighted by Crippen LogP contribution is 2.44. The number of aliphatic carboxylic acids is 1. The van der Waals surface area contributed by atoms with E-state index in [0.29, 0.717) is 18.8 Å². The van der Waals surface area contributed by atoms with Crippen molar-refractivity contribution in [3.05, 3.63) is 0 Å². The molecule has 1 fully saturated rings. The molecule has 1 rings (SSSR count). The van der Waals surface area contributed by atoms with Crippen molar-refractivity contribution in [1.29, 1.82) is 0 Å². The number of rotatable bonds is 6. The maximum absolute atomic E-state index is 11.4. The average molecular weight is 258 g/mol. The predicted molar refractivity (Wildman–Crippen MR) is 69.4 cm³/mol. The largest absolute Gasteiger partial charge is 0.479 e. The first-order valence-electron chi connectivity index (χ1n) is 6.86. The van der Waals surface area contributed by atoms with E-state index in [2.05, 4.69) is 20.8 Å². The van der Waals surface area contributed by atoms with E-state index in [9.17, 15) is 9.90 Å². The number of hydrogen-bond acceptors (Lipinski definition) is 3. The van der Waals surface area contributed by atoms with E-state index in [1.54, 1.807) is 0 Å². The summed E-state index contributed by atoms with van der Waals surface area (Å²) in [6.07, 6.45) is 3.99. The molecule has 106 valence electrons. The number of carboxylic acid groups (broad SMARTS) is 1. The van der Waals surface area contributed by atoms with Gasteiger partial charge in [-0.25, -0.2) is 4.79 Å². The van der Waals surface area contributed by atoms with Gasteiger partial charge in [-0.1, -0.05) is 27.2 Å². The topological polar surface area (TPSA) is 66.8 Å². The smallest absolute Gasteiger partial charge is 0.335 e. The lowest BCUT2D eigenvalue weighted by Crippen LogP contribution is -2.47. The van der Waals surface area contributed by atoms with Crippen LogP contribution in [0.15, 0.2) is 0 Å². The van der Waals surface area contributed by atoms with Gasteiger partial charge in [0, 0.05) is 0 Å². The van der Waals surface area contributed by atoms with Crippen molar-refractivity contribution < 1.29 is 19.7 Å². The Morgan fingerprint density at radius 1 is 1.39 bits per heavy atom. The Bertz CT molecular complexity index is 278.